The molecule has 3 aromatic rings. The number of H-pyrrole nitrogens is 1. The van der Waals surface area contributed by atoms with Crippen LogP contribution in [0.1, 0.15) is 39.9 Å². The predicted octanol–water partition coefficient (Wildman–Crippen LogP) is 3.96. The molecule has 1 fully saturated rings. The highest BCUT2D eigenvalue weighted by molar-refractivity contribution is 7.13. The zero-order chi connectivity index (χ0) is 20.6. The number of aromatic amines is 1. The van der Waals surface area contributed by atoms with E-state index in [1.807, 2.05) is 29.5 Å². The molecule has 1 aliphatic rings. The van der Waals surface area contributed by atoms with Crippen molar-refractivity contribution in [1.29, 1.82) is 0 Å². The standard InChI is InChI=1S/C18H17F3N6OS/c1-10-6-12(24-17-22-3-5-29-17)7-13(23-10)11-2-4-27(9-11)16(28)14-8-15(26-25-14)18(19,20)21/h3,5-8,11H,2,4,9H2,1H3,(H,25,26)(H,22,23,24). The Bertz CT molecular complexity index is 1020. The number of likely N-dealkylation sites (tertiary alicyclic amines) is 1. The number of hydrogen-bond acceptors (Lipinski definition) is 6. The molecule has 0 saturated carbocycles. The average Bonchev–Trinajstić information content (AvgIpc) is 3.41. The summed E-state index contributed by atoms with van der Waals surface area (Å²) in [6.07, 6.45) is -2.18. The minimum Gasteiger partial charge on any atom is -0.337 e. The molecule has 0 radical (unpaired) electrons. The maximum Gasteiger partial charge on any atom is 0.432 e. The molecule has 1 atom stereocenters. The number of nitrogens with zero attached hydrogens (tertiary/aromatic N) is 4. The van der Waals surface area contributed by atoms with Crippen LogP contribution in [-0.4, -0.2) is 44.1 Å². The van der Waals surface area contributed by atoms with Crippen molar-refractivity contribution < 1.29 is 18.0 Å². The van der Waals surface area contributed by atoms with Crippen LogP contribution in [0.5, 0.6) is 0 Å². The molecule has 1 saturated heterocycles. The van der Waals surface area contributed by atoms with Gasteiger partial charge < -0.3 is 10.2 Å². The molecule has 0 aromatic carbocycles. The number of carbonyl (C=O) groups excluding carboxylic acids is 1. The molecule has 1 aliphatic heterocycles. The fraction of sp³-hybridized carbons (Fsp3) is 0.333. The van der Waals surface area contributed by atoms with Gasteiger partial charge in [0.2, 0.25) is 0 Å². The van der Waals surface area contributed by atoms with Gasteiger partial charge in [-0.1, -0.05) is 0 Å². The predicted molar refractivity (Wildman–Crippen MR) is 101 cm³/mol. The number of nitrogens with one attached hydrogen (secondary N) is 2. The number of aromatic nitrogens is 4. The molecule has 0 spiro atoms. The van der Waals surface area contributed by atoms with Gasteiger partial charge >= 0.3 is 6.18 Å². The molecular weight excluding hydrogens is 405 g/mol. The summed E-state index contributed by atoms with van der Waals surface area (Å²) in [5.74, 6) is -0.523. The SMILES string of the molecule is Cc1cc(Nc2nccs2)cc(C2CCN(C(=O)c3cc(C(F)(F)F)[nH]n3)C2)n1. The van der Waals surface area contributed by atoms with Gasteiger partial charge in [-0.05, 0) is 25.5 Å². The van der Waals surface area contributed by atoms with Crippen molar-refractivity contribution in [3.63, 3.8) is 0 Å². The number of aryl methyl sites for hydroxylation is 1. The van der Waals surface area contributed by atoms with Crippen molar-refractivity contribution in [3.8, 4) is 0 Å². The van der Waals surface area contributed by atoms with Crippen molar-refractivity contribution in [2.75, 3.05) is 18.4 Å². The molecule has 4 heterocycles. The molecule has 7 nitrogen and oxygen atoms in total. The van der Waals surface area contributed by atoms with Gasteiger partial charge in [0.05, 0.1) is 0 Å². The van der Waals surface area contributed by atoms with E-state index < -0.39 is 17.8 Å². The van der Waals surface area contributed by atoms with E-state index in [1.165, 1.54) is 16.2 Å². The van der Waals surface area contributed by atoms with Gasteiger partial charge in [-0.25, -0.2) is 4.98 Å². The highest BCUT2D eigenvalue weighted by Crippen LogP contribution is 2.31. The van der Waals surface area contributed by atoms with E-state index in [2.05, 4.69) is 20.4 Å². The van der Waals surface area contributed by atoms with Crippen LogP contribution in [0, 0.1) is 6.92 Å². The number of amides is 1. The molecule has 152 valence electrons. The minimum absolute atomic E-state index is 0.00303. The highest BCUT2D eigenvalue weighted by atomic mass is 32.1. The maximum atomic E-state index is 12.7. The number of anilines is 2. The van der Waals surface area contributed by atoms with Gasteiger partial charge in [-0.15, -0.1) is 11.3 Å². The summed E-state index contributed by atoms with van der Waals surface area (Å²) in [5, 5.41) is 11.3. The quantitative estimate of drug-likeness (QED) is 0.665. The Morgan fingerprint density at radius 1 is 1.34 bits per heavy atom. The van der Waals surface area contributed by atoms with Gasteiger partial charge in [0.1, 0.15) is 5.69 Å². The van der Waals surface area contributed by atoms with Gasteiger partial charge in [-0.3, -0.25) is 14.9 Å². The van der Waals surface area contributed by atoms with E-state index >= 15 is 0 Å². The van der Waals surface area contributed by atoms with Gasteiger partial charge in [0, 0.05) is 53.7 Å². The van der Waals surface area contributed by atoms with Crippen molar-refractivity contribution in [3.05, 3.63) is 52.6 Å². The summed E-state index contributed by atoms with van der Waals surface area (Å²) in [7, 11) is 0. The van der Waals surface area contributed by atoms with Crippen LogP contribution in [0.15, 0.2) is 29.8 Å². The van der Waals surface area contributed by atoms with Crippen molar-refractivity contribution in [2.24, 2.45) is 0 Å². The van der Waals surface area contributed by atoms with E-state index in [0.29, 0.717) is 19.5 Å². The normalized spacial score (nSPS) is 17.0. The number of rotatable bonds is 4. The number of pyridine rings is 1. The maximum absolute atomic E-state index is 12.7. The molecule has 1 unspecified atom stereocenters. The van der Waals surface area contributed by atoms with E-state index in [-0.39, 0.29) is 11.6 Å². The summed E-state index contributed by atoms with van der Waals surface area (Å²) in [4.78, 5) is 22.8. The first-order valence-corrected chi connectivity index (χ1v) is 9.74. The number of carbonyl (C=O) groups is 1. The molecule has 3 aromatic heterocycles. The summed E-state index contributed by atoms with van der Waals surface area (Å²) in [6.45, 7) is 2.69. The summed E-state index contributed by atoms with van der Waals surface area (Å²) < 4.78 is 38.2. The number of alkyl halides is 3. The van der Waals surface area contributed by atoms with Crippen molar-refractivity contribution >= 4 is 28.1 Å². The molecule has 29 heavy (non-hydrogen) atoms. The van der Waals surface area contributed by atoms with Gasteiger partial charge in [-0.2, -0.15) is 18.3 Å². The van der Waals surface area contributed by atoms with Crippen LogP contribution < -0.4 is 5.32 Å². The number of hydrogen-bond donors (Lipinski definition) is 2. The van der Waals surface area contributed by atoms with Gasteiger partial charge in [0.25, 0.3) is 5.91 Å². The van der Waals surface area contributed by atoms with Crippen LogP contribution >= 0.6 is 11.3 Å². The zero-order valence-electron chi connectivity index (χ0n) is 15.3. The fourth-order valence-electron chi connectivity index (χ4n) is 3.31. The Morgan fingerprint density at radius 2 is 2.17 bits per heavy atom. The van der Waals surface area contributed by atoms with Crippen LogP contribution in [0.4, 0.5) is 24.0 Å². The Balaban J connectivity index is 1.47. The molecule has 11 heteroatoms. The van der Waals surface area contributed by atoms with E-state index in [1.54, 1.807) is 6.20 Å². The second-order valence-corrected chi connectivity index (χ2v) is 7.68. The lowest BCUT2D eigenvalue weighted by Crippen LogP contribution is -2.28. The first kappa shape index (κ1) is 19.4. The van der Waals surface area contributed by atoms with Crippen LogP contribution in [-0.2, 0) is 6.18 Å². The molecular formula is C18H17F3N6OS. The lowest BCUT2D eigenvalue weighted by molar-refractivity contribution is -0.141. The zero-order valence-corrected chi connectivity index (χ0v) is 16.1. The Kier molecular flexibility index (Phi) is 4.99. The van der Waals surface area contributed by atoms with Gasteiger partial charge in [0.15, 0.2) is 10.8 Å². The Morgan fingerprint density at radius 3 is 2.86 bits per heavy atom. The third-order valence-electron chi connectivity index (χ3n) is 4.65. The van der Waals surface area contributed by atoms with Crippen LogP contribution in [0.3, 0.4) is 0 Å². The largest absolute Gasteiger partial charge is 0.432 e. The van der Waals surface area contributed by atoms with Crippen LogP contribution in [0.2, 0.25) is 0 Å². The van der Waals surface area contributed by atoms with E-state index in [0.717, 1.165) is 28.3 Å². The lowest BCUT2D eigenvalue weighted by Gasteiger charge is -2.16. The van der Waals surface area contributed by atoms with Crippen LogP contribution in [0.25, 0.3) is 0 Å². The van der Waals surface area contributed by atoms with Crippen molar-refractivity contribution in [1.82, 2.24) is 25.1 Å². The third kappa shape index (κ3) is 4.24. The second-order valence-electron chi connectivity index (χ2n) is 6.79. The number of thiazole rings is 1. The molecule has 1 amide bonds. The molecule has 4 rings (SSSR count). The highest BCUT2D eigenvalue weighted by Gasteiger charge is 2.35. The lowest BCUT2D eigenvalue weighted by atomic mass is 10.0. The Labute approximate surface area is 168 Å². The second kappa shape index (κ2) is 7.47. The fourth-order valence-corrected chi connectivity index (χ4v) is 3.86. The summed E-state index contributed by atoms with van der Waals surface area (Å²) in [5.41, 5.74) is 1.25. The molecule has 2 N–H and O–H groups in total. The monoisotopic (exact) mass is 422 g/mol. The summed E-state index contributed by atoms with van der Waals surface area (Å²) in [6, 6.07) is 4.57. The molecule has 0 bridgehead atoms. The first-order chi connectivity index (χ1) is 13.8. The summed E-state index contributed by atoms with van der Waals surface area (Å²) >= 11 is 1.48. The Hall–Kier alpha value is -2.95. The molecule has 0 aliphatic carbocycles. The smallest absolute Gasteiger partial charge is 0.337 e. The topological polar surface area (TPSA) is 86.8 Å². The van der Waals surface area contributed by atoms with E-state index in [9.17, 15) is 18.0 Å². The third-order valence-corrected chi connectivity index (χ3v) is 5.34. The average molecular weight is 422 g/mol. The van der Waals surface area contributed by atoms with Crippen molar-refractivity contribution in [2.45, 2.75) is 25.4 Å². The first-order valence-electron chi connectivity index (χ1n) is 8.86. The van der Waals surface area contributed by atoms with E-state index in [4.69, 9.17) is 0 Å². The minimum atomic E-state index is -4.56. The number of halogens is 3.